The average Bonchev–Trinajstić information content (AvgIpc) is 2.62. The quantitative estimate of drug-likeness (QED) is 0.694. The van der Waals surface area contributed by atoms with Crippen molar-refractivity contribution in [2.24, 2.45) is 5.92 Å². The molecule has 0 aromatic carbocycles. The summed E-state index contributed by atoms with van der Waals surface area (Å²) >= 11 is 0. The molecule has 15 heavy (non-hydrogen) atoms. The van der Waals surface area contributed by atoms with E-state index in [9.17, 15) is 0 Å². The molecule has 1 heterocycles. The lowest BCUT2D eigenvalue weighted by Gasteiger charge is -2.03. The first-order chi connectivity index (χ1) is 7.22. The van der Waals surface area contributed by atoms with Gasteiger partial charge in [-0.15, -0.1) is 0 Å². The third kappa shape index (κ3) is 4.98. The molecule has 0 aliphatic heterocycles. The molecule has 0 aliphatic rings. The lowest BCUT2D eigenvalue weighted by molar-refractivity contribution is 0.0805. The van der Waals surface area contributed by atoms with Crippen LogP contribution in [0.3, 0.4) is 0 Å². The molecule has 0 amide bonds. The molecule has 0 spiro atoms. The van der Waals surface area contributed by atoms with E-state index < -0.39 is 0 Å². The summed E-state index contributed by atoms with van der Waals surface area (Å²) in [7, 11) is 0. The molecule has 1 rings (SSSR count). The van der Waals surface area contributed by atoms with Gasteiger partial charge in [0.1, 0.15) is 6.61 Å². The molecule has 0 bridgehead atoms. The largest absolute Gasteiger partial charge is 0.373 e. The van der Waals surface area contributed by atoms with E-state index in [-0.39, 0.29) is 0 Å². The fraction of sp³-hybridized carbons (Fsp3) is 0.750. The van der Waals surface area contributed by atoms with Crippen LogP contribution in [0.5, 0.6) is 0 Å². The molecule has 1 aromatic heterocycles. The van der Waals surface area contributed by atoms with E-state index in [1.54, 1.807) is 0 Å². The highest BCUT2D eigenvalue weighted by molar-refractivity contribution is 5.04. The van der Waals surface area contributed by atoms with E-state index in [1.807, 2.05) is 6.07 Å². The van der Waals surface area contributed by atoms with Crippen molar-refractivity contribution in [2.75, 3.05) is 6.61 Å². The van der Waals surface area contributed by atoms with E-state index in [4.69, 9.17) is 9.26 Å². The summed E-state index contributed by atoms with van der Waals surface area (Å²) in [6, 6.07) is 2.00. The highest BCUT2D eigenvalue weighted by atomic mass is 16.5. The summed E-state index contributed by atoms with van der Waals surface area (Å²) in [5.74, 6) is 1.40. The topological polar surface area (TPSA) is 35.3 Å². The normalized spacial score (nSPS) is 11.2. The number of unbranched alkanes of at least 4 members (excludes halogenated alkanes) is 1. The highest BCUT2D eigenvalue weighted by Crippen LogP contribution is 2.08. The van der Waals surface area contributed by atoms with Crippen molar-refractivity contribution in [3.8, 4) is 0 Å². The van der Waals surface area contributed by atoms with Gasteiger partial charge in [0.05, 0.1) is 5.69 Å². The van der Waals surface area contributed by atoms with E-state index in [2.05, 4.69) is 25.9 Å². The standard InChI is InChI=1S/C12H21NO2/c1-4-5-6-11-7-12(15-13-11)9-14-8-10(2)3/h7,10H,4-6,8-9H2,1-3H3. The van der Waals surface area contributed by atoms with Crippen molar-refractivity contribution in [3.63, 3.8) is 0 Å². The molecule has 0 N–H and O–H groups in total. The van der Waals surface area contributed by atoms with Crippen LogP contribution >= 0.6 is 0 Å². The molecule has 1 aromatic rings. The molecule has 0 saturated carbocycles. The van der Waals surface area contributed by atoms with Crippen LogP contribution < -0.4 is 0 Å². The Hall–Kier alpha value is -0.830. The molecule has 0 aliphatic carbocycles. The average molecular weight is 211 g/mol. The number of aryl methyl sites for hydroxylation is 1. The van der Waals surface area contributed by atoms with Crippen LogP contribution in [0.2, 0.25) is 0 Å². The summed E-state index contributed by atoms with van der Waals surface area (Å²) < 4.78 is 10.6. The van der Waals surface area contributed by atoms with Crippen LogP contribution in [0.4, 0.5) is 0 Å². The fourth-order valence-corrected chi connectivity index (χ4v) is 1.29. The van der Waals surface area contributed by atoms with Gasteiger partial charge in [0.25, 0.3) is 0 Å². The van der Waals surface area contributed by atoms with Gasteiger partial charge in [-0.3, -0.25) is 0 Å². The Morgan fingerprint density at radius 3 is 2.93 bits per heavy atom. The molecular weight excluding hydrogens is 190 g/mol. The third-order valence-electron chi connectivity index (χ3n) is 2.09. The Morgan fingerprint density at radius 1 is 1.47 bits per heavy atom. The summed E-state index contributed by atoms with van der Waals surface area (Å²) in [4.78, 5) is 0. The van der Waals surface area contributed by atoms with Gasteiger partial charge in [0.15, 0.2) is 5.76 Å². The van der Waals surface area contributed by atoms with Crippen molar-refractivity contribution in [1.82, 2.24) is 5.16 Å². The zero-order valence-electron chi connectivity index (χ0n) is 9.95. The fourth-order valence-electron chi connectivity index (χ4n) is 1.29. The van der Waals surface area contributed by atoms with Crippen molar-refractivity contribution < 1.29 is 9.26 Å². The maximum absolute atomic E-state index is 5.47. The molecule has 3 nitrogen and oxygen atoms in total. The Bertz CT molecular complexity index is 268. The second-order valence-corrected chi connectivity index (χ2v) is 4.30. The van der Waals surface area contributed by atoms with Crippen LogP contribution in [0.15, 0.2) is 10.6 Å². The first kappa shape index (κ1) is 12.2. The van der Waals surface area contributed by atoms with Crippen LogP contribution in [0, 0.1) is 5.92 Å². The second kappa shape index (κ2) is 6.62. The lowest BCUT2D eigenvalue weighted by Crippen LogP contribution is -2.01. The maximum atomic E-state index is 5.47. The van der Waals surface area contributed by atoms with Gasteiger partial charge in [-0.05, 0) is 18.8 Å². The second-order valence-electron chi connectivity index (χ2n) is 4.30. The summed E-state index contributed by atoms with van der Waals surface area (Å²) in [5.41, 5.74) is 1.04. The Morgan fingerprint density at radius 2 is 2.27 bits per heavy atom. The SMILES string of the molecule is CCCCc1cc(COCC(C)C)on1. The molecule has 0 radical (unpaired) electrons. The third-order valence-corrected chi connectivity index (χ3v) is 2.09. The predicted molar refractivity (Wildman–Crippen MR) is 59.6 cm³/mol. The maximum Gasteiger partial charge on any atom is 0.162 e. The lowest BCUT2D eigenvalue weighted by atomic mass is 10.2. The monoisotopic (exact) mass is 211 g/mol. The van der Waals surface area contributed by atoms with Gasteiger partial charge in [0, 0.05) is 12.7 Å². The minimum Gasteiger partial charge on any atom is -0.373 e. The van der Waals surface area contributed by atoms with Gasteiger partial charge in [-0.1, -0.05) is 32.3 Å². The van der Waals surface area contributed by atoms with Crippen LogP contribution in [-0.4, -0.2) is 11.8 Å². The first-order valence-electron chi connectivity index (χ1n) is 5.74. The molecule has 0 unspecified atom stereocenters. The van der Waals surface area contributed by atoms with Gasteiger partial charge >= 0.3 is 0 Å². The number of hydrogen-bond acceptors (Lipinski definition) is 3. The Labute approximate surface area is 91.8 Å². The van der Waals surface area contributed by atoms with Crippen LogP contribution in [-0.2, 0) is 17.8 Å². The summed E-state index contributed by atoms with van der Waals surface area (Å²) in [5, 5.41) is 4.00. The summed E-state index contributed by atoms with van der Waals surface area (Å²) in [6.07, 6.45) is 3.36. The van der Waals surface area contributed by atoms with Crippen molar-refractivity contribution in [2.45, 2.75) is 46.6 Å². The number of rotatable bonds is 7. The Kier molecular flexibility index (Phi) is 5.40. The zero-order chi connectivity index (χ0) is 11.1. The number of nitrogens with zero attached hydrogens (tertiary/aromatic N) is 1. The minimum atomic E-state index is 0.539. The molecule has 0 saturated heterocycles. The zero-order valence-corrected chi connectivity index (χ0v) is 9.95. The van der Waals surface area contributed by atoms with E-state index in [0.717, 1.165) is 24.5 Å². The molecule has 0 atom stereocenters. The highest BCUT2D eigenvalue weighted by Gasteiger charge is 2.04. The van der Waals surface area contributed by atoms with E-state index in [0.29, 0.717) is 12.5 Å². The predicted octanol–water partition coefficient (Wildman–Crippen LogP) is 3.19. The number of hydrogen-bond donors (Lipinski definition) is 0. The minimum absolute atomic E-state index is 0.539. The number of aromatic nitrogens is 1. The van der Waals surface area contributed by atoms with Crippen LogP contribution in [0.25, 0.3) is 0 Å². The van der Waals surface area contributed by atoms with Crippen molar-refractivity contribution in [1.29, 1.82) is 0 Å². The molecule has 0 fully saturated rings. The summed E-state index contributed by atoms with van der Waals surface area (Å²) in [6.45, 7) is 7.75. The number of ether oxygens (including phenoxy) is 1. The van der Waals surface area contributed by atoms with Crippen molar-refractivity contribution in [3.05, 3.63) is 17.5 Å². The van der Waals surface area contributed by atoms with E-state index >= 15 is 0 Å². The molecule has 86 valence electrons. The molecular formula is C12H21NO2. The van der Waals surface area contributed by atoms with Gasteiger partial charge in [0.2, 0.25) is 0 Å². The molecule has 3 heteroatoms. The van der Waals surface area contributed by atoms with Crippen molar-refractivity contribution >= 4 is 0 Å². The smallest absolute Gasteiger partial charge is 0.162 e. The van der Waals surface area contributed by atoms with Gasteiger partial charge < -0.3 is 9.26 Å². The van der Waals surface area contributed by atoms with Crippen LogP contribution in [0.1, 0.15) is 45.1 Å². The van der Waals surface area contributed by atoms with E-state index in [1.165, 1.54) is 12.8 Å². The van der Waals surface area contributed by atoms with Gasteiger partial charge in [-0.2, -0.15) is 0 Å². The first-order valence-corrected chi connectivity index (χ1v) is 5.74. The van der Waals surface area contributed by atoms with Gasteiger partial charge in [-0.25, -0.2) is 0 Å². The Balaban J connectivity index is 2.26.